The molecule has 3 rings (SSSR count). The van der Waals surface area contributed by atoms with Crippen LogP contribution in [0.4, 0.5) is 0 Å². The Morgan fingerprint density at radius 3 is 2.46 bits per heavy atom. The lowest BCUT2D eigenvalue weighted by atomic mass is 10.0. The van der Waals surface area contributed by atoms with E-state index in [4.69, 9.17) is 0 Å². The normalized spacial score (nSPS) is 12.5. The van der Waals surface area contributed by atoms with Crippen molar-refractivity contribution in [3.63, 3.8) is 0 Å². The van der Waals surface area contributed by atoms with Gasteiger partial charge in [0, 0.05) is 4.88 Å². The van der Waals surface area contributed by atoms with Crippen molar-refractivity contribution in [2.75, 3.05) is 0 Å². The molecule has 0 amide bonds. The maximum atomic E-state index is 13.1. The fraction of sp³-hybridized carbons (Fsp3) is 0.350. The fourth-order valence-electron chi connectivity index (χ4n) is 3.20. The molecule has 136 valence electrons. The molecule has 0 aliphatic rings. The summed E-state index contributed by atoms with van der Waals surface area (Å²) in [6.07, 6.45) is 0.928. The Balaban J connectivity index is 2.02. The van der Waals surface area contributed by atoms with E-state index < -0.39 is 12.0 Å². The van der Waals surface area contributed by atoms with Crippen LogP contribution >= 0.6 is 11.3 Å². The molecule has 0 bridgehead atoms. The summed E-state index contributed by atoms with van der Waals surface area (Å²) < 4.78 is 1.35. The zero-order valence-corrected chi connectivity index (χ0v) is 16.2. The molecule has 2 heterocycles. The van der Waals surface area contributed by atoms with Gasteiger partial charge in [0.15, 0.2) is 0 Å². The molecule has 0 saturated carbocycles. The van der Waals surface area contributed by atoms with Crippen molar-refractivity contribution in [2.45, 2.75) is 46.6 Å². The summed E-state index contributed by atoms with van der Waals surface area (Å²) in [6, 6.07) is 7.08. The lowest BCUT2D eigenvalue weighted by Crippen LogP contribution is -2.32. The van der Waals surface area contributed by atoms with Crippen LogP contribution in [0.1, 0.15) is 39.9 Å². The number of nitrogens with zero attached hydrogens (tertiary/aromatic N) is 2. The van der Waals surface area contributed by atoms with Crippen LogP contribution < -0.4 is 5.56 Å². The minimum absolute atomic E-state index is 0.259. The highest BCUT2D eigenvalue weighted by atomic mass is 32.1. The SMILES string of the molecule is Cc1ccc(CCC(C(=O)O)n2c(C)nc3sc(C)c(C)c3c2=O)cc1. The lowest BCUT2D eigenvalue weighted by Gasteiger charge is -2.18. The second kappa shape index (κ2) is 7.03. The summed E-state index contributed by atoms with van der Waals surface area (Å²) in [5.41, 5.74) is 2.85. The molecule has 0 saturated heterocycles. The maximum absolute atomic E-state index is 13.1. The zero-order valence-electron chi connectivity index (χ0n) is 15.4. The molecule has 3 aromatic rings. The second-order valence-corrected chi connectivity index (χ2v) is 7.88. The summed E-state index contributed by atoms with van der Waals surface area (Å²) in [5.74, 6) is -0.562. The van der Waals surface area contributed by atoms with Gasteiger partial charge in [0.2, 0.25) is 0 Å². The van der Waals surface area contributed by atoms with Crippen molar-refractivity contribution in [1.29, 1.82) is 0 Å². The molecule has 26 heavy (non-hydrogen) atoms. The third-order valence-electron chi connectivity index (χ3n) is 4.84. The van der Waals surface area contributed by atoms with Gasteiger partial charge in [0.05, 0.1) is 5.39 Å². The average molecular weight is 370 g/mol. The van der Waals surface area contributed by atoms with Crippen molar-refractivity contribution in [2.24, 2.45) is 0 Å². The number of carboxylic acid groups (broad SMARTS) is 1. The number of aromatic nitrogens is 2. The molecule has 1 aromatic carbocycles. The van der Waals surface area contributed by atoms with Gasteiger partial charge in [-0.25, -0.2) is 9.78 Å². The average Bonchev–Trinajstić information content (AvgIpc) is 2.86. The van der Waals surface area contributed by atoms with Gasteiger partial charge in [0.25, 0.3) is 5.56 Å². The van der Waals surface area contributed by atoms with E-state index in [1.54, 1.807) is 6.92 Å². The quantitative estimate of drug-likeness (QED) is 0.738. The van der Waals surface area contributed by atoms with E-state index in [9.17, 15) is 14.7 Å². The number of fused-ring (bicyclic) bond motifs is 1. The first-order chi connectivity index (χ1) is 12.3. The van der Waals surface area contributed by atoms with E-state index >= 15 is 0 Å². The van der Waals surface area contributed by atoms with Gasteiger partial charge in [-0.2, -0.15) is 0 Å². The van der Waals surface area contributed by atoms with Gasteiger partial charge in [-0.3, -0.25) is 9.36 Å². The topological polar surface area (TPSA) is 72.2 Å². The Morgan fingerprint density at radius 1 is 1.19 bits per heavy atom. The Labute approximate surface area is 155 Å². The van der Waals surface area contributed by atoms with Gasteiger partial charge in [-0.15, -0.1) is 11.3 Å². The van der Waals surface area contributed by atoms with Crippen molar-refractivity contribution < 1.29 is 9.90 Å². The van der Waals surface area contributed by atoms with E-state index in [-0.39, 0.29) is 5.56 Å². The fourth-order valence-corrected chi connectivity index (χ4v) is 4.26. The zero-order chi connectivity index (χ0) is 19.0. The minimum atomic E-state index is -1.01. The first-order valence-electron chi connectivity index (χ1n) is 8.56. The van der Waals surface area contributed by atoms with E-state index in [1.807, 2.05) is 45.0 Å². The largest absolute Gasteiger partial charge is 0.480 e. The van der Waals surface area contributed by atoms with Crippen molar-refractivity contribution in [1.82, 2.24) is 9.55 Å². The van der Waals surface area contributed by atoms with Gasteiger partial charge in [-0.05, 0) is 51.7 Å². The molecule has 6 heteroatoms. The first kappa shape index (κ1) is 18.3. The van der Waals surface area contributed by atoms with Gasteiger partial charge in [0.1, 0.15) is 16.7 Å². The predicted octanol–water partition coefficient (Wildman–Crippen LogP) is 3.95. The molecule has 0 radical (unpaired) electrons. The monoisotopic (exact) mass is 370 g/mol. The predicted molar refractivity (Wildman–Crippen MR) is 104 cm³/mol. The van der Waals surface area contributed by atoms with Gasteiger partial charge < -0.3 is 5.11 Å². The summed E-state index contributed by atoms with van der Waals surface area (Å²) in [4.78, 5) is 31.2. The summed E-state index contributed by atoms with van der Waals surface area (Å²) >= 11 is 1.48. The highest BCUT2D eigenvalue weighted by Crippen LogP contribution is 2.27. The molecule has 1 unspecified atom stereocenters. The molecule has 0 aliphatic heterocycles. The summed E-state index contributed by atoms with van der Waals surface area (Å²) in [7, 11) is 0. The van der Waals surface area contributed by atoms with Crippen LogP contribution in [-0.4, -0.2) is 20.6 Å². The number of hydrogen-bond donors (Lipinski definition) is 1. The number of hydrogen-bond acceptors (Lipinski definition) is 4. The Kier molecular flexibility index (Phi) is 4.96. The molecule has 0 fully saturated rings. The molecule has 0 spiro atoms. The maximum Gasteiger partial charge on any atom is 0.326 e. The molecule has 1 atom stereocenters. The van der Waals surface area contributed by atoms with Crippen LogP contribution in [0.25, 0.3) is 10.2 Å². The van der Waals surface area contributed by atoms with Gasteiger partial charge >= 0.3 is 5.97 Å². The molecular formula is C20H22N2O3S. The number of carboxylic acids is 1. The van der Waals surface area contributed by atoms with Gasteiger partial charge in [-0.1, -0.05) is 29.8 Å². The number of aliphatic carboxylic acids is 1. The Morgan fingerprint density at radius 2 is 1.85 bits per heavy atom. The van der Waals surface area contributed by atoms with E-state index in [1.165, 1.54) is 15.9 Å². The van der Waals surface area contributed by atoms with Crippen LogP contribution in [0.3, 0.4) is 0 Å². The third kappa shape index (κ3) is 3.29. The van der Waals surface area contributed by atoms with E-state index in [0.717, 1.165) is 21.6 Å². The molecule has 1 N–H and O–H groups in total. The standard InChI is InChI=1S/C20H22N2O3S/c1-11-5-7-15(8-6-11)9-10-16(20(24)25)22-14(4)21-18-17(19(22)23)12(2)13(3)26-18/h5-8,16H,9-10H2,1-4H3,(H,24,25). The Bertz CT molecular complexity index is 1030. The first-order valence-corrected chi connectivity index (χ1v) is 9.38. The van der Waals surface area contributed by atoms with E-state index in [0.29, 0.717) is 28.9 Å². The number of benzene rings is 1. The lowest BCUT2D eigenvalue weighted by molar-refractivity contribution is -0.141. The molecule has 0 aliphatic carbocycles. The van der Waals surface area contributed by atoms with Crippen molar-refractivity contribution >= 4 is 27.5 Å². The van der Waals surface area contributed by atoms with Crippen molar-refractivity contribution in [3.05, 3.63) is 62.0 Å². The highest BCUT2D eigenvalue weighted by Gasteiger charge is 2.25. The van der Waals surface area contributed by atoms with Crippen LogP contribution in [0.15, 0.2) is 29.1 Å². The summed E-state index contributed by atoms with van der Waals surface area (Å²) in [5, 5.41) is 10.3. The number of carbonyl (C=O) groups is 1. The molecule has 5 nitrogen and oxygen atoms in total. The smallest absolute Gasteiger partial charge is 0.326 e. The Hall–Kier alpha value is -2.47. The highest BCUT2D eigenvalue weighted by molar-refractivity contribution is 7.18. The molecular weight excluding hydrogens is 348 g/mol. The van der Waals surface area contributed by atoms with Crippen molar-refractivity contribution in [3.8, 4) is 0 Å². The number of aryl methyl sites for hydroxylation is 5. The third-order valence-corrected chi connectivity index (χ3v) is 5.94. The minimum Gasteiger partial charge on any atom is -0.480 e. The van der Waals surface area contributed by atoms with Crippen LogP contribution in [0.2, 0.25) is 0 Å². The molecule has 2 aromatic heterocycles. The van der Waals surface area contributed by atoms with Crippen LogP contribution in [-0.2, 0) is 11.2 Å². The second-order valence-electron chi connectivity index (χ2n) is 6.68. The van der Waals surface area contributed by atoms with E-state index in [2.05, 4.69) is 4.98 Å². The van der Waals surface area contributed by atoms with Crippen LogP contribution in [0, 0.1) is 27.7 Å². The number of thiophene rings is 1. The van der Waals surface area contributed by atoms with Crippen LogP contribution in [0.5, 0.6) is 0 Å². The summed E-state index contributed by atoms with van der Waals surface area (Å²) in [6.45, 7) is 7.55. The number of rotatable bonds is 5.